The Bertz CT molecular complexity index is 404. The first-order valence-electron chi connectivity index (χ1n) is 7.75. The third-order valence-electron chi connectivity index (χ3n) is 3.84. The molecule has 0 saturated carbocycles. The summed E-state index contributed by atoms with van der Waals surface area (Å²) in [6.45, 7) is 13.7. The zero-order chi connectivity index (χ0) is 14.6. The van der Waals surface area contributed by atoms with Crippen molar-refractivity contribution in [1.82, 2.24) is 20.4 Å². The van der Waals surface area contributed by atoms with E-state index in [1.165, 1.54) is 19.4 Å². The highest BCUT2D eigenvalue weighted by Crippen LogP contribution is 2.20. The number of nitrogens with zero attached hydrogens (tertiary/aromatic N) is 3. The van der Waals surface area contributed by atoms with Gasteiger partial charge in [-0.05, 0) is 38.4 Å². The summed E-state index contributed by atoms with van der Waals surface area (Å²) in [6.07, 6.45) is 2.61. The van der Waals surface area contributed by atoms with Crippen molar-refractivity contribution in [2.24, 2.45) is 5.92 Å². The minimum atomic E-state index is -0.0738. The topological polar surface area (TPSA) is 54.2 Å². The minimum Gasteiger partial charge on any atom is -0.339 e. The van der Waals surface area contributed by atoms with E-state index >= 15 is 0 Å². The number of rotatable bonds is 5. The molecule has 1 atom stereocenters. The van der Waals surface area contributed by atoms with E-state index in [0.717, 1.165) is 43.8 Å². The Hall–Kier alpha value is -0.940. The maximum Gasteiger partial charge on any atom is 0.232 e. The second-order valence-corrected chi connectivity index (χ2v) is 6.81. The fourth-order valence-electron chi connectivity index (χ4n) is 2.57. The molecule has 5 heteroatoms. The summed E-state index contributed by atoms with van der Waals surface area (Å²) in [5, 5.41) is 7.60. The van der Waals surface area contributed by atoms with E-state index in [4.69, 9.17) is 4.52 Å². The van der Waals surface area contributed by atoms with Crippen molar-refractivity contribution in [1.29, 1.82) is 0 Å². The molecule has 0 radical (unpaired) electrons. The molecule has 0 bridgehead atoms. The van der Waals surface area contributed by atoms with E-state index in [1.54, 1.807) is 0 Å². The lowest BCUT2D eigenvalue weighted by atomic mass is 9.97. The van der Waals surface area contributed by atoms with Gasteiger partial charge in [-0.3, -0.25) is 4.90 Å². The number of piperidine rings is 1. The largest absolute Gasteiger partial charge is 0.339 e. The van der Waals surface area contributed by atoms with Crippen molar-refractivity contribution >= 4 is 0 Å². The van der Waals surface area contributed by atoms with Crippen LogP contribution in [-0.4, -0.2) is 41.2 Å². The van der Waals surface area contributed by atoms with E-state index in [0.29, 0.717) is 0 Å². The first-order valence-corrected chi connectivity index (χ1v) is 7.75. The first kappa shape index (κ1) is 15.4. The van der Waals surface area contributed by atoms with Crippen molar-refractivity contribution in [3.63, 3.8) is 0 Å². The van der Waals surface area contributed by atoms with Crippen LogP contribution in [0, 0.1) is 5.92 Å². The Morgan fingerprint density at radius 3 is 2.75 bits per heavy atom. The molecule has 2 rings (SSSR count). The van der Waals surface area contributed by atoms with Crippen molar-refractivity contribution < 1.29 is 4.52 Å². The Kier molecular flexibility index (Phi) is 5.16. The molecule has 2 heterocycles. The van der Waals surface area contributed by atoms with E-state index in [9.17, 15) is 0 Å². The van der Waals surface area contributed by atoms with Crippen LogP contribution in [-0.2, 0) is 12.0 Å². The van der Waals surface area contributed by atoms with Gasteiger partial charge in [0.25, 0.3) is 0 Å². The smallest absolute Gasteiger partial charge is 0.232 e. The molecule has 1 unspecified atom stereocenters. The van der Waals surface area contributed by atoms with Crippen LogP contribution in [0.15, 0.2) is 4.52 Å². The second-order valence-electron chi connectivity index (χ2n) is 6.81. The van der Waals surface area contributed by atoms with Crippen molar-refractivity contribution in [2.45, 2.75) is 52.5 Å². The Morgan fingerprint density at radius 2 is 2.20 bits per heavy atom. The van der Waals surface area contributed by atoms with Gasteiger partial charge < -0.3 is 9.84 Å². The van der Waals surface area contributed by atoms with Crippen LogP contribution in [0.2, 0.25) is 0 Å². The lowest BCUT2D eigenvalue weighted by Crippen LogP contribution is -2.38. The van der Waals surface area contributed by atoms with Gasteiger partial charge in [0.2, 0.25) is 5.89 Å². The van der Waals surface area contributed by atoms with Gasteiger partial charge in [-0.2, -0.15) is 4.98 Å². The molecule has 20 heavy (non-hydrogen) atoms. The normalized spacial score (nSPS) is 20.6. The summed E-state index contributed by atoms with van der Waals surface area (Å²) in [5.41, 5.74) is -0.0738. The molecule has 1 N–H and O–H groups in total. The summed E-state index contributed by atoms with van der Waals surface area (Å²) in [7, 11) is 0. The lowest BCUT2D eigenvalue weighted by molar-refractivity contribution is 0.203. The zero-order valence-electron chi connectivity index (χ0n) is 13.3. The van der Waals surface area contributed by atoms with E-state index in [1.807, 2.05) is 0 Å². The molecule has 0 spiro atoms. The van der Waals surface area contributed by atoms with Crippen LogP contribution in [0.4, 0.5) is 0 Å². The van der Waals surface area contributed by atoms with Gasteiger partial charge in [-0.25, -0.2) is 0 Å². The van der Waals surface area contributed by atoms with Gasteiger partial charge in [-0.15, -0.1) is 0 Å². The highest BCUT2D eigenvalue weighted by molar-refractivity contribution is 4.98. The van der Waals surface area contributed by atoms with Crippen molar-refractivity contribution in [3.8, 4) is 0 Å². The average Bonchev–Trinajstić information content (AvgIpc) is 2.87. The number of hydrogen-bond donors (Lipinski definition) is 1. The third kappa shape index (κ3) is 4.28. The van der Waals surface area contributed by atoms with Crippen LogP contribution >= 0.6 is 0 Å². The summed E-state index contributed by atoms with van der Waals surface area (Å²) >= 11 is 0. The maximum atomic E-state index is 5.36. The van der Waals surface area contributed by atoms with Crippen LogP contribution in [0.3, 0.4) is 0 Å². The molecule has 0 amide bonds. The monoisotopic (exact) mass is 280 g/mol. The quantitative estimate of drug-likeness (QED) is 0.896. The van der Waals surface area contributed by atoms with Crippen molar-refractivity contribution in [2.75, 3.05) is 26.2 Å². The van der Waals surface area contributed by atoms with Gasteiger partial charge in [0.1, 0.15) is 0 Å². The molecule has 0 aromatic carbocycles. The number of nitrogens with one attached hydrogen (secondary N) is 1. The molecule has 1 aromatic heterocycles. The number of aromatic nitrogens is 2. The molecule has 114 valence electrons. The van der Waals surface area contributed by atoms with Crippen LogP contribution in [0.1, 0.15) is 52.3 Å². The molecule has 1 aliphatic heterocycles. The summed E-state index contributed by atoms with van der Waals surface area (Å²) in [6, 6.07) is 0. The Balaban J connectivity index is 1.90. The SMILES string of the molecule is CCN(Cc1noc(C(C)(C)C)n1)CC1CCCNC1. The second kappa shape index (κ2) is 6.68. The van der Waals surface area contributed by atoms with Crippen molar-refractivity contribution in [3.05, 3.63) is 11.7 Å². The molecular formula is C15H28N4O. The summed E-state index contributed by atoms with van der Waals surface area (Å²) in [4.78, 5) is 6.94. The predicted octanol–water partition coefficient (Wildman–Crippen LogP) is 2.19. The van der Waals surface area contributed by atoms with Gasteiger partial charge in [0, 0.05) is 12.0 Å². The maximum absolute atomic E-state index is 5.36. The molecule has 0 aliphatic carbocycles. The Labute approximate surface area is 122 Å². The zero-order valence-corrected chi connectivity index (χ0v) is 13.3. The van der Waals surface area contributed by atoms with E-state index in [2.05, 4.69) is 48.1 Å². The highest BCUT2D eigenvalue weighted by Gasteiger charge is 2.23. The van der Waals surface area contributed by atoms with E-state index < -0.39 is 0 Å². The molecule has 5 nitrogen and oxygen atoms in total. The highest BCUT2D eigenvalue weighted by atomic mass is 16.5. The van der Waals surface area contributed by atoms with Crippen LogP contribution in [0.25, 0.3) is 0 Å². The molecule has 1 aromatic rings. The summed E-state index contributed by atoms with van der Waals surface area (Å²) < 4.78 is 5.36. The van der Waals surface area contributed by atoms with Crippen LogP contribution in [0.5, 0.6) is 0 Å². The molecule has 1 saturated heterocycles. The lowest BCUT2D eigenvalue weighted by Gasteiger charge is -2.28. The van der Waals surface area contributed by atoms with Gasteiger partial charge in [0.05, 0.1) is 6.54 Å². The molecular weight excluding hydrogens is 252 g/mol. The third-order valence-corrected chi connectivity index (χ3v) is 3.84. The Morgan fingerprint density at radius 1 is 1.40 bits per heavy atom. The average molecular weight is 280 g/mol. The standard InChI is InChI=1S/C15H28N4O/c1-5-19(10-12-7-6-8-16-9-12)11-13-17-14(20-18-13)15(2,3)4/h12,16H,5-11H2,1-4H3. The van der Waals surface area contributed by atoms with Gasteiger partial charge in [0.15, 0.2) is 5.82 Å². The summed E-state index contributed by atoms with van der Waals surface area (Å²) in [5.74, 6) is 2.28. The number of hydrogen-bond acceptors (Lipinski definition) is 5. The van der Waals surface area contributed by atoms with Crippen LogP contribution < -0.4 is 5.32 Å². The van der Waals surface area contributed by atoms with E-state index in [-0.39, 0.29) is 5.41 Å². The van der Waals surface area contributed by atoms with Gasteiger partial charge in [-0.1, -0.05) is 32.9 Å². The molecule has 1 fully saturated rings. The van der Waals surface area contributed by atoms with Gasteiger partial charge >= 0.3 is 0 Å². The fraction of sp³-hybridized carbons (Fsp3) is 0.867. The fourth-order valence-corrected chi connectivity index (χ4v) is 2.57. The minimum absolute atomic E-state index is 0.0738. The molecule has 1 aliphatic rings. The predicted molar refractivity (Wildman–Crippen MR) is 79.5 cm³/mol. The first-order chi connectivity index (χ1) is 9.49.